The summed E-state index contributed by atoms with van der Waals surface area (Å²) in [5.74, 6) is -0.733. The number of nitrogens with two attached hydrogens (primary N) is 1. The van der Waals surface area contributed by atoms with Crippen molar-refractivity contribution in [2.24, 2.45) is 0 Å². The van der Waals surface area contributed by atoms with Gasteiger partial charge in [-0.25, -0.2) is 17.5 Å². The summed E-state index contributed by atoms with van der Waals surface area (Å²) in [6, 6.07) is 3.74. The number of benzene rings is 1. The minimum Gasteiger partial charge on any atom is -0.395 e. The van der Waals surface area contributed by atoms with Crippen molar-refractivity contribution < 1.29 is 17.5 Å². The Balaban J connectivity index is 1.95. The Morgan fingerprint density at radius 2 is 2.20 bits per heavy atom. The van der Waals surface area contributed by atoms with Crippen LogP contribution < -0.4 is 10.5 Å². The van der Waals surface area contributed by atoms with E-state index in [1.54, 1.807) is 0 Å². The van der Waals surface area contributed by atoms with Crippen molar-refractivity contribution in [1.29, 1.82) is 0 Å². The molecule has 3 N–H and O–H groups in total. The molecule has 1 fully saturated rings. The molecule has 112 valence electrons. The first-order valence-corrected chi connectivity index (χ1v) is 8.14. The van der Waals surface area contributed by atoms with E-state index in [-0.39, 0.29) is 23.2 Å². The van der Waals surface area contributed by atoms with E-state index in [4.69, 9.17) is 10.5 Å². The zero-order valence-corrected chi connectivity index (χ0v) is 12.0. The summed E-state index contributed by atoms with van der Waals surface area (Å²) in [5.41, 5.74) is 5.11. The van der Waals surface area contributed by atoms with E-state index in [9.17, 15) is 12.8 Å². The van der Waals surface area contributed by atoms with E-state index in [2.05, 4.69) is 4.72 Å². The normalized spacial score (nSPS) is 19.9. The molecule has 0 aliphatic carbocycles. The van der Waals surface area contributed by atoms with Crippen molar-refractivity contribution in [1.82, 2.24) is 4.72 Å². The predicted octanol–water partition coefficient (Wildman–Crippen LogP) is 1.65. The summed E-state index contributed by atoms with van der Waals surface area (Å²) < 4.78 is 45.3. The summed E-state index contributed by atoms with van der Waals surface area (Å²) in [6.07, 6.45) is 3.81. The largest absolute Gasteiger partial charge is 0.395 e. The second-order valence-corrected chi connectivity index (χ2v) is 6.56. The standard InChI is InChI=1S/C13H19FN2O3S/c14-11-5-3-6-12(13(11)15)20(17,18)16-8-7-10-4-1-2-9-19-10/h3,5-6,10,16H,1-2,4,7-9,15H2. The van der Waals surface area contributed by atoms with Crippen LogP contribution in [0.15, 0.2) is 23.1 Å². The number of nitrogen functional groups attached to an aromatic ring is 1. The van der Waals surface area contributed by atoms with Gasteiger partial charge in [-0.2, -0.15) is 0 Å². The molecule has 1 aliphatic rings. The van der Waals surface area contributed by atoms with E-state index < -0.39 is 15.8 Å². The Bertz CT molecular complexity index is 557. The van der Waals surface area contributed by atoms with Crippen molar-refractivity contribution in [3.05, 3.63) is 24.0 Å². The van der Waals surface area contributed by atoms with Gasteiger partial charge in [-0.05, 0) is 37.8 Å². The summed E-state index contributed by atoms with van der Waals surface area (Å²) >= 11 is 0. The second-order valence-electron chi connectivity index (χ2n) is 4.83. The van der Waals surface area contributed by atoms with Crippen LogP contribution in [0.2, 0.25) is 0 Å². The maximum atomic E-state index is 13.3. The molecule has 0 aromatic heterocycles. The first-order valence-electron chi connectivity index (χ1n) is 6.66. The van der Waals surface area contributed by atoms with Crippen LogP contribution in [-0.2, 0) is 14.8 Å². The molecule has 1 unspecified atom stereocenters. The van der Waals surface area contributed by atoms with Gasteiger partial charge in [0.1, 0.15) is 10.7 Å². The number of halogens is 1. The molecule has 1 aliphatic heterocycles. The Labute approximate surface area is 118 Å². The highest BCUT2D eigenvalue weighted by atomic mass is 32.2. The lowest BCUT2D eigenvalue weighted by atomic mass is 10.1. The highest BCUT2D eigenvalue weighted by Crippen LogP contribution is 2.21. The third kappa shape index (κ3) is 3.68. The summed E-state index contributed by atoms with van der Waals surface area (Å²) in [4.78, 5) is -0.220. The molecule has 5 nitrogen and oxygen atoms in total. The third-order valence-electron chi connectivity index (χ3n) is 3.33. The maximum absolute atomic E-state index is 13.3. The van der Waals surface area contributed by atoms with Crippen molar-refractivity contribution in [2.45, 2.75) is 36.7 Å². The first-order chi connectivity index (χ1) is 9.50. The van der Waals surface area contributed by atoms with E-state index in [1.807, 2.05) is 0 Å². The molecule has 0 saturated carbocycles. The Morgan fingerprint density at radius 1 is 1.40 bits per heavy atom. The fourth-order valence-electron chi connectivity index (χ4n) is 2.22. The number of hydrogen-bond donors (Lipinski definition) is 2. The molecule has 1 atom stereocenters. The molecule has 1 saturated heterocycles. The number of sulfonamides is 1. The molecule has 0 spiro atoms. The van der Waals surface area contributed by atoms with Gasteiger partial charge >= 0.3 is 0 Å². The van der Waals surface area contributed by atoms with Crippen LogP contribution in [-0.4, -0.2) is 27.7 Å². The van der Waals surface area contributed by atoms with Gasteiger partial charge in [0.2, 0.25) is 10.0 Å². The molecular weight excluding hydrogens is 283 g/mol. The molecule has 7 heteroatoms. The quantitative estimate of drug-likeness (QED) is 0.810. The fourth-order valence-corrected chi connectivity index (χ4v) is 3.41. The van der Waals surface area contributed by atoms with Crippen LogP contribution in [0.4, 0.5) is 10.1 Å². The molecular formula is C13H19FN2O3S. The molecule has 1 aromatic rings. The first kappa shape index (κ1) is 15.2. The third-order valence-corrected chi connectivity index (χ3v) is 4.85. The van der Waals surface area contributed by atoms with Crippen molar-refractivity contribution in [2.75, 3.05) is 18.9 Å². The average Bonchev–Trinajstić information content (AvgIpc) is 2.42. The Hall–Kier alpha value is -1.18. The molecule has 1 aromatic carbocycles. The average molecular weight is 302 g/mol. The topological polar surface area (TPSA) is 81.4 Å². The van der Waals surface area contributed by atoms with E-state index in [0.717, 1.165) is 31.9 Å². The van der Waals surface area contributed by atoms with Crippen LogP contribution in [0.25, 0.3) is 0 Å². The van der Waals surface area contributed by atoms with Gasteiger partial charge in [-0.3, -0.25) is 0 Å². The number of ether oxygens (including phenoxy) is 1. The summed E-state index contributed by atoms with van der Waals surface area (Å²) in [5, 5.41) is 0. The number of anilines is 1. The minimum absolute atomic E-state index is 0.0938. The van der Waals surface area contributed by atoms with Gasteiger partial charge in [-0.1, -0.05) is 6.07 Å². The molecule has 0 amide bonds. The molecule has 1 heterocycles. The highest BCUT2D eigenvalue weighted by Gasteiger charge is 2.20. The van der Waals surface area contributed by atoms with Crippen LogP contribution in [0.5, 0.6) is 0 Å². The number of hydrogen-bond acceptors (Lipinski definition) is 4. The SMILES string of the molecule is Nc1c(F)cccc1S(=O)(=O)NCCC1CCCCO1. The fraction of sp³-hybridized carbons (Fsp3) is 0.538. The highest BCUT2D eigenvalue weighted by molar-refractivity contribution is 7.89. The van der Waals surface area contributed by atoms with E-state index >= 15 is 0 Å². The van der Waals surface area contributed by atoms with Gasteiger partial charge in [-0.15, -0.1) is 0 Å². The zero-order valence-electron chi connectivity index (χ0n) is 11.1. The molecule has 2 rings (SSSR count). The van der Waals surface area contributed by atoms with Crippen molar-refractivity contribution in [3.63, 3.8) is 0 Å². The van der Waals surface area contributed by atoms with E-state index in [1.165, 1.54) is 12.1 Å². The summed E-state index contributed by atoms with van der Waals surface area (Å²) in [6.45, 7) is 0.983. The number of rotatable bonds is 5. The lowest BCUT2D eigenvalue weighted by Gasteiger charge is -2.22. The van der Waals surface area contributed by atoms with Crippen LogP contribution >= 0.6 is 0 Å². The maximum Gasteiger partial charge on any atom is 0.242 e. The smallest absolute Gasteiger partial charge is 0.242 e. The van der Waals surface area contributed by atoms with Crippen molar-refractivity contribution >= 4 is 15.7 Å². The number of nitrogens with one attached hydrogen (secondary N) is 1. The Morgan fingerprint density at radius 3 is 2.90 bits per heavy atom. The second kappa shape index (κ2) is 6.51. The minimum atomic E-state index is -3.78. The Kier molecular flexibility index (Phi) is 4.95. The van der Waals surface area contributed by atoms with Crippen LogP contribution in [0.1, 0.15) is 25.7 Å². The number of para-hydroxylation sites is 1. The van der Waals surface area contributed by atoms with Gasteiger partial charge in [0.25, 0.3) is 0 Å². The van der Waals surface area contributed by atoms with Gasteiger partial charge in [0, 0.05) is 13.2 Å². The van der Waals surface area contributed by atoms with Gasteiger partial charge < -0.3 is 10.5 Å². The van der Waals surface area contributed by atoms with Gasteiger partial charge in [0.05, 0.1) is 11.8 Å². The van der Waals surface area contributed by atoms with Crippen molar-refractivity contribution in [3.8, 4) is 0 Å². The van der Waals surface area contributed by atoms with Crippen LogP contribution in [0.3, 0.4) is 0 Å². The summed E-state index contributed by atoms with van der Waals surface area (Å²) in [7, 11) is -3.78. The van der Waals surface area contributed by atoms with Crippen LogP contribution in [0, 0.1) is 5.82 Å². The molecule has 0 bridgehead atoms. The lowest BCUT2D eigenvalue weighted by Crippen LogP contribution is -2.30. The molecule has 0 radical (unpaired) electrons. The lowest BCUT2D eigenvalue weighted by molar-refractivity contribution is 0.0123. The molecule has 20 heavy (non-hydrogen) atoms. The van der Waals surface area contributed by atoms with E-state index in [0.29, 0.717) is 6.42 Å². The van der Waals surface area contributed by atoms with Gasteiger partial charge in [0.15, 0.2) is 0 Å². The monoisotopic (exact) mass is 302 g/mol. The zero-order chi connectivity index (χ0) is 14.6. The predicted molar refractivity (Wildman–Crippen MR) is 74.2 cm³/mol.